The summed E-state index contributed by atoms with van der Waals surface area (Å²) in [4.78, 5) is 20.8. The molecule has 0 radical (unpaired) electrons. The summed E-state index contributed by atoms with van der Waals surface area (Å²) >= 11 is 6.51. The number of pyridine rings is 1. The van der Waals surface area contributed by atoms with E-state index < -0.39 is 0 Å². The summed E-state index contributed by atoms with van der Waals surface area (Å²) in [6.07, 6.45) is 1.76. The molecule has 27 heavy (non-hydrogen) atoms. The van der Waals surface area contributed by atoms with Crippen molar-refractivity contribution in [3.05, 3.63) is 51.9 Å². The highest BCUT2D eigenvalue weighted by atomic mass is 35.5. The van der Waals surface area contributed by atoms with E-state index in [1.807, 2.05) is 31.2 Å². The van der Waals surface area contributed by atoms with Gasteiger partial charge in [-0.05, 0) is 43.2 Å². The smallest absolute Gasteiger partial charge is 0.305 e. The van der Waals surface area contributed by atoms with Crippen LogP contribution in [0.2, 0.25) is 5.02 Å². The van der Waals surface area contributed by atoms with Crippen molar-refractivity contribution in [3.63, 3.8) is 0 Å². The average molecular weight is 386 g/mol. The van der Waals surface area contributed by atoms with Gasteiger partial charge in [-0.25, -0.2) is 9.97 Å². The Kier molecular flexibility index (Phi) is 5.80. The first kappa shape index (κ1) is 19.4. The monoisotopic (exact) mass is 385 g/mol. The Morgan fingerprint density at radius 2 is 1.96 bits per heavy atom. The van der Waals surface area contributed by atoms with Crippen LogP contribution in [0.25, 0.3) is 16.9 Å². The molecule has 0 spiro atoms. The predicted molar refractivity (Wildman–Crippen MR) is 108 cm³/mol. The van der Waals surface area contributed by atoms with Crippen LogP contribution in [-0.2, 0) is 22.4 Å². The number of halogens is 1. The first-order valence-electron chi connectivity index (χ1n) is 9.24. The number of esters is 1. The molecule has 0 saturated heterocycles. The molecule has 0 atom stereocenters. The number of fused-ring (bicyclic) bond motifs is 1. The van der Waals surface area contributed by atoms with Crippen molar-refractivity contribution in [2.75, 3.05) is 6.61 Å². The average Bonchev–Trinajstić information content (AvgIpc) is 3.01. The van der Waals surface area contributed by atoms with E-state index in [2.05, 4.69) is 18.4 Å². The highest BCUT2D eigenvalue weighted by Gasteiger charge is 2.16. The maximum atomic E-state index is 11.3. The number of nitrogens with zero attached hydrogens (tertiary/aromatic N) is 3. The van der Waals surface area contributed by atoms with Crippen LogP contribution in [0.4, 0.5) is 0 Å². The predicted octanol–water partition coefficient (Wildman–Crippen LogP) is 4.75. The standard InChI is InChI=1S/C21H24ClN3O2/c1-5-18-24-20-13(3)11-14(4)23-21(20)25(18)16-8-7-15(17(22)12-16)9-10-27-19(26)6-2/h7-8,11-12H,5-6,9-10H2,1-4H3. The molecule has 1 aromatic carbocycles. The fraction of sp³-hybridized carbons (Fsp3) is 0.381. The minimum Gasteiger partial charge on any atom is -0.465 e. The second-order valence-corrected chi connectivity index (χ2v) is 6.98. The highest BCUT2D eigenvalue weighted by molar-refractivity contribution is 6.31. The zero-order valence-corrected chi connectivity index (χ0v) is 16.9. The number of benzene rings is 1. The van der Waals surface area contributed by atoms with Gasteiger partial charge in [-0.2, -0.15) is 0 Å². The Morgan fingerprint density at radius 3 is 2.63 bits per heavy atom. The number of imidazole rings is 1. The summed E-state index contributed by atoms with van der Waals surface area (Å²) in [5.74, 6) is 0.754. The van der Waals surface area contributed by atoms with E-state index >= 15 is 0 Å². The Balaban J connectivity index is 1.97. The topological polar surface area (TPSA) is 57.0 Å². The van der Waals surface area contributed by atoms with Gasteiger partial charge in [0, 0.05) is 30.0 Å². The van der Waals surface area contributed by atoms with Crippen LogP contribution in [-0.4, -0.2) is 27.1 Å². The van der Waals surface area contributed by atoms with Crippen molar-refractivity contribution in [1.29, 1.82) is 0 Å². The molecular formula is C21H24ClN3O2. The molecule has 2 heterocycles. The molecule has 0 amide bonds. The summed E-state index contributed by atoms with van der Waals surface area (Å²) in [7, 11) is 0. The van der Waals surface area contributed by atoms with Crippen LogP contribution in [0.1, 0.15) is 42.9 Å². The molecule has 0 unspecified atom stereocenters. The largest absolute Gasteiger partial charge is 0.465 e. The lowest BCUT2D eigenvalue weighted by Crippen LogP contribution is -2.07. The molecule has 0 saturated carbocycles. The van der Waals surface area contributed by atoms with Gasteiger partial charge in [0.05, 0.1) is 12.3 Å². The third-order valence-electron chi connectivity index (χ3n) is 4.54. The SMILES string of the molecule is CCC(=O)OCCc1ccc(-n2c(CC)nc3c(C)cc(C)nc32)cc1Cl. The highest BCUT2D eigenvalue weighted by Crippen LogP contribution is 2.27. The zero-order chi connectivity index (χ0) is 19.6. The van der Waals surface area contributed by atoms with E-state index in [1.54, 1.807) is 6.92 Å². The fourth-order valence-electron chi connectivity index (χ4n) is 3.17. The first-order valence-corrected chi connectivity index (χ1v) is 9.62. The van der Waals surface area contributed by atoms with Gasteiger partial charge in [0.1, 0.15) is 11.3 Å². The lowest BCUT2D eigenvalue weighted by molar-refractivity contribution is -0.143. The van der Waals surface area contributed by atoms with Gasteiger partial charge in [-0.1, -0.05) is 31.5 Å². The van der Waals surface area contributed by atoms with Crippen molar-refractivity contribution in [2.45, 2.75) is 47.0 Å². The van der Waals surface area contributed by atoms with E-state index in [0.717, 1.165) is 45.9 Å². The van der Waals surface area contributed by atoms with Crippen molar-refractivity contribution in [3.8, 4) is 5.69 Å². The van der Waals surface area contributed by atoms with Crippen molar-refractivity contribution >= 4 is 28.7 Å². The van der Waals surface area contributed by atoms with Crippen molar-refractivity contribution < 1.29 is 9.53 Å². The van der Waals surface area contributed by atoms with Crippen LogP contribution < -0.4 is 0 Å². The fourth-order valence-corrected chi connectivity index (χ4v) is 3.44. The Hall–Kier alpha value is -2.40. The number of hydrogen-bond donors (Lipinski definition) is 0. The molecule has 0 fully saturated rings. The van der Waals surface area contributed by atoms with Crippen molar-refractivity contribution in [2.24, 2.45) is 0 Å². The Morgan fingerprint density at radius 1 is 1.19 bits per heavy atom. The summed E-state index contributed by atoms with van der Waals surface area (Å²) < 4.78 is 7.22. The maximum absolute atomic E-state index is 11.3. The molecule has 2 aromatic heterocycles. The summed E-state index contributed by atoms with van der Waals surface area (Å²) in [5, 5.41) is 0.647. The van der Waals surface area contributed by atoms with Crippen LogP contribution in [0.3, 0.4) is 0 Å². The Labute approximate surface area is 164 Å². The van der Waals surface area contributed by atoms with Gasteiger partial charge >= 0.3 is 5.97 Å². The van der Waals surface area contributed by atoms with Gasteiger partial charge < -0.3 is 4.74 Å². The minimum atomic E-state index is -0.197. The van der Waals surface area contributed by atoms with Crippen LogP contribution in [0.15, 0.2) is 24.3 Å². The minimum absolute atomic E-state index is 0.197. The van der Waals surface area contributed by atoms with E-state index in [9.17, 15) is 4.79 Å². The third kappa shape index (κ3) is 3.98. The summed E-state index contributed by atoms with van der Waals surface area (Å²) in [5.41, 5.74) is 5.74. The van der Waals surface area contributed by atoms with E-state index in [-0.39, 0.29) is 5.97 Å². The molecule has 142 valence electrons. The van der Waals surface area contributed by atoms with Crippen LogP contribution in [0.5, 0.6) is 0 Å². The summed E-state index contributed by atoms with van der Waals surface area (Å²) in [6.45, 7) is 8.24. The summed E-state index contributed by atoms with van der Waals surface area (Å²) in [6, 6.07) is 7.97. The number of ether oxygens (including phenoxy) is 1. The van der Waals surface area contributed by atoms with Crippen LogP contribution >= 0.6 is 11.6 Å². The number of aryl methyl sites for hydroxylation is 3. The number of carbonyl (C=O) groups excluding carboxylic acids is 1. The lowest BCUT2D eigenvalue weighted by Gasteiger charge is -2.11. The van der Waals surface area contributed by atoms with E-state index in [4.69, 9.17) is 26.3 Å². The molecule has 0 aliphatic carbocycles. The lowest BCUT2D eigenvalue weighted by atomic mass is 10.1. The van der Waals surface area contributed by atoms with Gasteiger partial charge in [0.25, 0.3) is 0 Å². The molecular weight excluding hydrogens is 362 g/mol. The van der Waals surface area contributed by atoms with E-state index in [1.165, 1.54) is 0 Å². The second kappa shape index (κ2) is 8.09. The second-order valence-electron chi connectivity index (χ2n) is 6.57. The van der Waals surface area contributed by atoms with Gasteiger partial charge in [-0.15, -0.1) is 0 Å². The molecule has 0 aliphatic heterocycles. The third-order valence-corrected chi connectivity index (χ3v) is 4.89. The van der Waals surface area contributed by atoms with Gasteiger partial charge in [0.2, 0.25) is 0 Å². The molecule has 3 aromatic rings. The van der Waals surface area contributed by atoms with E-state index in [0.29, 0.717) is 24.5 Å². The number of hydrogen-bond acceptors (Lipinski definition) is 4. The first-order chi connectivity index (χ1) is 12.9. The number of aromatic nitrogens is 3. The molecule has 6 heteroatoms. The molecule has 0 N–H and O–H groups in total. The zero-order valence-electron chi connectivity index (χ0n) is 16.2. The Bertz CT molecular complexity index is 995. The molecule has 0 aliphatic rings. The number of carbonyl (C=O) groups is 1. The maximum Gasteiger partial charge on any atom is 0.305 e. The van der Waals surface area contributed by atoms with Crippen LogP contribution in [0, 0.1) is 13.8 Å². The van der Waals surface area contributed by atoms with Gasteiger partial charge in [-0.3, -0.25) is 9.36 Å². The quantitative estimate of drug-likeness (QED) is 0.574. The molecule has 0 bridgehead atoms. The molecule has 3 rings (SSSR count). The number of rotatable bonds is 6. The van der Waals surface area contributed by atoms with Crippen molar-refractivity contribution in [1.82, 2.24) is 14.5 Å². The normalized spacial score (nSPS) is 11.1. The molecule has 5 nitrogen and oxygen atoms in total. The van der Waals surface area contributed by atoms with Gasteiger partial charge in [0.15, 0.2) is 5.65 Å².